The predicted molar refractivity (Wildman–Crippen MR) is 75.6 cm³/mol. The summed E-state index contributed by atoms with van der Waals surface area (Å²) in [6.07, 6.45) is 3.90. The van der Waals surface area contributed by atoms with Crippen LogP contribution in [0.25, 0.3) is 16.8 Å². The van der Waals surface area contributed by atoms with Crippen LogP contribution in [-0.2, 0) is 0 Å². The second-order valence-corrected chi connectivity index (χ2v) is 4.24. The van der Waals surface area contributed by atoms with Crippen molar-refractivity contribution in [2.75, 3.05) is 7.11 Å². The fraction of sp³-hybridized carbons (Fsp3) is 0.0625. The molecule has 0 spiro atoms. The van der Waals surface area contributed by atoms with Gasteiger partial charge in [-0.05, 0) is 29.8 Å². The Morgan fingerprint density at radius 3 is 2.32 bits per heavy atom. The smallest absolute Gasteiger partial charge is 0.119 e. The molecule has 0 amide bonds. The van der Waals surface area contributed by atoms with Crippen LogP contribution in [0.5, 0.6) is 5.75 Å². The lowest BCUT2D eigenvalue weighted by atomic mass is 10.1. The topological polar surface area (TPSA) is 27.1 Å². The van der Waals surface area contributed by atoms with Gasteiger partial charge in [0.1, 0.15) is 5.75 Å². The van der Waals surface area contributed by atoms with Gasteiger partial charge in [0, 0.05) is 11.8 Å². The second kappa shape index (κ2) is 4.98. The third-order valence-corrected chi connectivity index (χ3v) is 3.03. The molecule has 1 heterocycles. The van der Waals surface area contributed by atoms with E-state index < -0.39 is 0 Å². The van der Waals surface area contributed by atoms with Crippen LogP contribution in [0.1, 0.15) is 0 Å². The van der Waals surface area contributed by atoms with E-state index in [-0.39, 0.29) is 0 Å². The van der Waals surface area contributed by atoms with Gasteiger partial charge in [-0.25, -0.2) is 4.68 Å². The Hall–Kier alpha value is -2.55. The lowest BCUT2D eigenvalue weighted by Crippen LogP contribution is -1.93. The van der Waals surface area contributed by atoms with Gasteiger partial charge in [0.2, 0.25) is 0 Å². The average Bonchev–Trinajstić information content (AvgIpc) is 2.98. The van der Waals surface area contributed by atoms with E-state index in [0.29, 0.717) is 0 Å². The van der Waals surface area contributed by atoms with E-state index in [1.54, 1.807) is 7.11 Å². The SMILES string of the molecule is COc1ccc(-n2cc(-c3ccccc3)cn2)cc1. The summed E-state index contributed by atoms with van der Waals surface area (Å²) in [7, 11) is 1.66. The second-order valence-electron chi connectivity index (χ2n) is 4.24. The first-order valence-electron chi connectivity index (χ1n) is 6.11. The Bertz CT molecular complexity index is 657. The summed E-state index contributed by atoms with van der Waals surface area (Å²) < 4.78 is 7.01. The zero-order valence-corrected chi connectivity index (χ0v) is 10.7. The number of rotatable bonds is 3. The maximum absolute atomic E-state index is 5.15. The first-order valence-corrected chi connectivity index (χ1v) is 6.11. The molecule has 0 radical (unpaired) electrons. The standard InChI is InChI=1S/C16H14N2O/c1-19-16-9-7-15(8-10-16)18-12-14(11-17-18)13-5-3-2-4-6-13/h2-12H,1H3. The van der Waals surface area contributed by atoms with Crippen molar-refractivity contribution in [1.29, 1.82) is 0 Å². The molecule has 0 saturated heterocycles. The van der Waals surface area contributed by atoms with Crippen molar-refractivity contribution in [1.82, 2.24) is 9.78 Å². The summed E-state index contributed by atoms with van der Waals surface area (Å²) in [4.78, 5) is 0. The Labute approximate surface area is 112 Å². The van der Waals surface area contributed by atoms with Crippen LogP contribution in [-0.4, -0.2) is 16.9 Å². The van der Waals surface area contributed by atoms with Crippen molar-refractivity contribution in [3.63, 3.8) is 0 Å². The zero-order chi connectivity index (χ0) is 13.1. The van der Waals surface area contributed by atoms with Gasteiger partial charge < -0.3 is 4.74 Å². The first kappa shape index (κ1) is 11.5. The zero-order valence-electron chi connectivity index (χ0n) is 10.7. The lowest BCUT2D eigenvalue weighted by Gasteiger charge is -2.03. The van der Waals surface area contributed by atoms with Crippen molar-refractivity contribution in [3.05, 3.63) is 67.0 Å². The number of ether oxygens (including phenoxy) is 1. The minimum Gasteiger partial charge on any atom is -0.497 e. The van der Waals surface area contributed by atoms with E-state index in [0.717, 1.165) is 17.0 Å². The minimum absolute atomic E-state index is 0.846. The summed E-state index contributed by atoms with van der Waals surface area (Å²) in [5.41, 5.74) is 3.29. The summed E-state index contributed by atoms with van der Waals surface area (Å²) in [5.74, 6) is 0.846. The number of benzene rings is 2. The molecule has 1 aromatic heterocycles. The molecule has 0 aliphatic carbocycles. The van der Waals surface area contributed by atoms with E-state index in [9.17, 15) is 0 Å². The molecule has 0 fully saturated rings. The maximum Gasteiger partial charge on any atom is 0.119 e. The van der Waals surface area contributed by atoms with Crippen molar-refractivity contribution < 1.29 is 4.74 Å². The van der Waals surface area contributed by atoms with Crippen LogP contribution < -0.4 is 4.74 Å². The molecule has 0 saturated carbocycles. The highest BCUT2D eigenvalue weighted by Gasteiger charge is 2.03. The highest BCUT2D eigenvalue weighted by atomic mass is 16.5. The van der Waals surface area contributed by atoms with Crippen LogP contribution in [0.15, 0.2) is 67.0 Å². The molecule has 0 unspecified atom stereocenters. The van der Waals surface area contributed by atoms with Crippen molar-refractivity contribution >= 4 is 0 Å². The van der Waals surface area contributed by atoms with Crippen LogP contribution in [0, 0.1) is 0 Å². The van der Waals surface area contributed by atoms with Gasteiger partial charge in [-0.15, -0.1) is 0 Å². The molecule has 3 aromatic rings. The number of aromatic nitrogens is 2. The molecule has 0 aliphatic rings. The summed E-state index contributed by atoms with van der Waals surface area (Å²) in [6.45, 7) is 0. The minimum atomic E-state index is 0.846. The largest absolute Gasteiger partial charge is 0.497 e. The number of nitrogens with zero attached hydrogens (tertiary/aromatic N) is 2. The van der Waals surface area contributed by atoms with E-state index >= 15 is 0 Å². The molecule has 19 heavy (non-hydrogen) atoms. The molecule has 3 rings (SSSR count). The third kappa shape index (κ3) is 2.36. The van der Waals surface area contributed by atoms with Crippen LogP contribution in [0.4, 0.5) is 0 Å². The normalized spacial score (nSPS) is 10.4. The molecule has 0 aliphatic heterocycles. The third-order valence-electron chi connectivity index (χ3n) is 3.03. The molecular weight excluding hydrogens is 236 g/mol. The van der Waals surface area contributed by atoms with E-state index in [1.807, 2.05) is 59.5 Å². The highest BCUT2D eigenvalue weighted by molar-refractivity contribution is 5.62. The quantitative estimate of drug-likeness (QED) is 0.710. The molecular formula is C16H14N2O. The fourth-order valence-corrected chi connectivity index (χ4v) is 1.98. The van der Waals surface area contributed by atoms with Crippen molar-refractivity contribution in [3.8, 4) is 22.6 Å². The van der Waals surface area contributed by atoms with E-state index in [2.05, 4.69) is 17.2 Å². The van der Waals surface area contributed by atoms with Crippen molar-refractivity contribution in [2.45, 2.75) is 0 Å². The molecule has 3 nitrogen and oxygen atoms in total. The Kier molecular flexibility index (Phi) is 3.02. The summed E-state index contributed by atoms with van der Waals surface area (Å²) in [5, 5.41) is 4.39. The molecule has 0 N–H and O–H groups in total. The van der Waals surface area contributed by atoms with Gasteiger partial charge in [0.15, 0.2) is 0 Å². The number of hydrogen-bond donors (Lipinski definition) is 0. The van der Waals surface area contributed by atoms with Gasteiger partial charge >= 0.3 is 0 Å². The highest BCUT2D eigenvalue weighted by Crippen LogP contribution is 2.20. The fourth-order valence-electron chi connectivity index (χ4n) is 1.98. The number of hydrogen-bond acceptors (Lipinski definition) is 2. The molecule has 0 bridgehead atoms. The van der Waals surface area contributed by atoms with Crippen molar-refractivity contribution in [2.24, 2.45) is 0 Å². The van der Waals surface area contributed by atoms with Gasteiger partial charge in [0.05, 0.1) is 19.0 Å². The Balaban J connectivity index is 1.92. The summed E-state index contributed by atoms with van der Waals surface area (Å²) in [6, 6.07) is 18.1. The Morgan fingerprint density at radius 2 is 1.63 bits per heavy atom. The lowest BCUT2D eigenvalue weighted by molar-refractivity contribution is 0.414. The van der Waals surface area contributed by atoms with E-state index in [1.165, 1.54) is 5.56 Å². The molecule has 0 atom stereocenters. The average molecular weight is 250 g/mol. The summed E-state index contributed by atoms with van der Waals surface area (Å²) >= 11 is 0. The van der Waals surface area contributed by atoms with Crippen LogP contribution in [0.2, 0.25) is 0 Å². The molecule has 3 heteroatoms. The molecule has 2 aromatic carbocycles. The Morgan fingerprint density at radius 1 is 0.895 bits per heavy atom. The van der Waals surface area contributed by atoms with Crippen LogP contribution >= 0.6 is 0 Å². The molecule has 94 valence electrons. The maximum atomic E-state index is 5.15. The van der Waals surface area contributed by atoms with Gasteiger partial charge in [-0.2, -0.15) is 5.10 Å². The van der Waals surface area contributed by atoms with Crippen LogP contribution in [0.3, 0.4) is 0 Å². The van der Waals surface area contributed by atoms with E-state index in [4.69, 9.17) is 4.74 Å². The predicted octanol–water partition coefficient (Wildman–Crippen LogP) is 3.55. The van der Waals surface area contributed by atoms with Gasteiger partial charge in [-0.1, -0.05) is 30.3 Å². The first-order chi connectivity index (χ1) is 9.36. The van der Waals surface area contributed by atoms with Gasteiger partial charge in [-0.3, -0.25) is 0 Å². The van der Waals surface area contributed by atoms with Gasteiger partial charge in [0.25, 0.3) is 0 Å². The number of methoxy groups -OCH3 is 1. The monoisotopic (exact) mass is 250 g/mol.